The summed E-state index contributed by atoms with van der Waals surface area (Å²) in [6.07, 6.45) is -1.10. The summed E-state index contributed by atoms with van der Waals surface area (Å²) in [5.74, 6) is -5.63. The Bertz CT molecular complexity index is 298. The molecule has 92 valence electrons. The number of ether oxygens (including phenoxy) is 1. The van der Waals surface area contributed by atoms with Gasteiger partial charge in [-0.15, -0.1) is 0 Å². The summed E-state index contributed by atoms with van der Waals surface area (Å²) in [5.41, 5.74) is -2.65. The summed E-state index contributed by atoms with van der Waals surface area (Å²) in [5, 5.41) is 27.1. The maximum Gasteiger partial charge on any atom is 0.337 e. The van der Waals surface area contributed by atoms with E-state index in [-0.39, 0.29) is 6.42 Å². The fraction of sp³-hybridized carbons (Fsp3) is 0.667. The van der Waals surface area contributed by atoms with Crippen LogP contribution in [-0.2, 0) is 19.1 Å². The van der Waals surface area contributed by atoms with Crippen molar-refractivity contribution in [3.8, 4) is 0 Å². The molecule has 2 unspecified atom stereocenters. The molecule has 0 saturated carbocycles. The van der Waals surface area contributed by atoms with Crippen LogP contribution in [0, 0.1) is 5.92 Å². The normalized spacial score (nSPS) is 15.9. The van der Waals surface area contributed by atoms with Crippen molar-refractivity contribution in [2.24, 2.45) is 5.92 Å². The van der Waals surface area contributed by atoms with Gasteiger partial charge >= 0.3 is 17.9 Å². The predicted molar refractivity (Wildman–Crippen MR) is 50.6 cm³/mol. The van der Waals surface area contributed by atoms with Crippen molar-refractivity contribution in [1.29, 1.82) is 0 Å². The van der Waals surface area contributed by atoms with Gasteiger partial charge in [0.1, 0.15) is 0 Å². The van der Waals surface area contributed by atoms with E-state index in [1.54, 1.807) is 0 Å². The van der Waals surface area contributed by atoms with Crippen molar-refractivity contribution in [3.63, 3.8) is 0 Å². The highest BCUT2D eigenvalue weighted by atomic mass is 16.5. The largest absolute Gasteiger partial charge is 0.481 e. The number of carbonyl (C=O) groups excluding carboxylic acids is 1. The van der Waals surface area contributed by atoms with E-state index in [0.29, 0.717) is 0 Å². The molecule has 3 N–H and O–H groups in total. The van der Waals surface area contributed by atoms with Crippen molar-refractivity contribution in [2.75, 3.05) is 7.11 Å². The van der Waals surface area contributed by atoms with Crippen LogP contribution in [0.25, 0.3) is 0 Å². The van der Waals surface area contributed by atoms with E-state index in [1.807, 2.05) is 0 Å². The first-order chi connectivity index (χ1) is 7.29. The third-order valence-corrected chi connectivity index (χ3v) is 2.26. The molecular weight excluding hydrogens is 220 g/mol. The van der Waals surface area contributed by atoms with Crippen LogP contribution in [-0.4, -0.2) is 45.9 Å². The number of hydrogen-bond acceptors (Lipinski definition) is 5. The molecule has 0 bridgehead atoms. The molecule has 16 heavy (non-hydrogen) atoms. The number of carbonyl (C=O) groups is 3. The van der Waals surface area contributed by atoms with Gasteiger partial charge in [-0.2, -0.15) is 0 Å². The van der Waals surface area contributed by atoms with Gasteiger partial charge in [0.25, 0.3) is 0 Å². The first-order valence-electron chi connectivity index (χ1n) is 4.55. The van der Waals surface area contributed by atoms with E-state index < -0.39 is 35.8 Å². The quantitative estimate of drug-likeness (QED) is 0.528. The number of hydrogen-bond donors (Lipinski definition) is 3. The lowest BCUT2D eigenvalue weighted by Gasteiger charge is -2.28. The highest BCUT2D eigenvalue weighted by Crippen LogP contribution is 2.26. The number of esters is 1. The summed E-state index contributed by atoms with van der Waals surface area (Å²) in [6.45, 7) is 1.46. The Morgan fingerprint density at radius 2 is 1.81 bits per heavy atom. The molecule has 0 aliphatic rings. The second kappa shape index (κ2) is 5.45. The van der Waals surface area contributed by atoms with E-state index in [4.69, 9.17) is 10.2 Å². The molecule has 0 aliphatic heterocycles. The zero-order valence-electron chi connectivity index (χ0n) is 8.97. The van der Waals surface area contributed by atoms with Crippen molar-refractivity contribution < 1.29 is 34.4 Å². The summed E-state index contributed by atoms with van der Waals surface area (Å²) in [7, 11) is 1.04. The Morgan fingerprint density at radius 1 is 1.31 bits per heavy atom. The van der Waals surface area contributed by atoms with Crippen LogP contribution >= 0.6 is 0 Å². The number of carboxylic acids is 2. The first-order valence-corrected chi connectivity index (χ1v) is 4.55. The maximum atomic E-state index is 11.2. The molecule has 0 saturated heterocycles. The Hall–Kier alpha value is -1.63. The van der Waals surface area contributed by atoms with Crippen molar-refractivity contribution in [3.05, 3.63) is 0 Å². The number of methoxy groups -OCH3 is 1. The molecule has 0 fully saturated rings. The van der Waals surface area contributed by atoms with Crippen LogP contribution in [0.5, 0.6) is 0 Å². The van der Waals surface area contributed by atoms with Gasteiger partial charge in [-0.05, 0) is 6.42 Å². The number of rotatable bonds is 6. The SMILES string of the molecule is CCC(C(=O)OC)C(O)(CC(=O)O)C(=O)O. The van der Waals surface area contributed by atoms with Gasteiger partial charge in [0.2, 0.25) is 0 Å². The van der Waals surface area contributed by atoms with E-state index in [2.05, 4.69) is 4.74 Å². The van der Waals surface area contributed by atoms with Gasteiger partial charge in [0.15, 0.2) is 5.60 Å². The molecule has 0 rings (SSSR count). The molecule has 0 radical (unpaired) electrons. The fourth-order valence-electron chi connectivity index (χ4n) is 1.42. The Balaban J connectivity index is 5.21. The average molecular weight is 234 g/mol. The zero-order chi connectivity index (χ0) is 12.9. The van der Waals surface area contributed by atoms with Gasteiger partial charge < -0.3 is 20.1 Å². The summed E-state index contributed by atoms with van der Waals surface area (Å²) < 4.78 is 4.33. The molecule has 0 heterocycles. The van der Waals surface area contributed by atoms with Crippen LogP contribution in [0.2, 0.25) is 0 Å². The fourth-order valence-corrected chi connectivity index (χ4v) is 1.42. The summed E-state index contributed by atoms with van der Waals surface area (Å²) in [6, 6.07) is 0. The lowest BCUT2D eigenvalue weighted by atomic mass is 9.82. The lowest BCUT2D eigenvalue weighted by Crippen LogP contribution is -2.50. The standard InChI is InChI=1S/C9H14O7/c1-3-5(7(12)16-2)9(15,8(13)14)4-6(10)11/h5,15H,3-4H2,1-2H3,(H,10,11)(H,13,14). The number of carboxylic acid groups (broad SMARTS) is 2. The van der Waals surface area contributed by atoms with Crippen LogP contribution in [0.3, 0.4) is 0 Å². The molecular formula is C9H14O7. The van der Waals surface area contributed by atoms with Gasteiger partial charge in [0, 0.05) is 0 Å². The van der Waals surface area contributed by atoms with Gasteiger partial charge in [-0.1, -0.05) is 6.92 Å². The van der Waals surface area contributed by atoms with Crippen molar-refractivity contribution >= 4 is 17.9 Å². The second-order valence-corrected chi connectivity index (χ2v) is 3.28. The average Bonchev–Trinajstić information content (AvgIpc) is 2.16. The van der Waals surface area contributed by atoms with E-state index in [1.165, 1.54) is 6.92 Å². The predicted octanol–water partition coefficient (Wildman–Crippen LogP) is -0.524. The van der Waals surface area contributed by atoms with Crippen molar-refractivity contribution in [1.82, 2.24) is 0 Å². The highest BCUT2D eigenvalue weighted by Gasteiger charge is 2.49. The van der Waals surface area contributed by atoms with E-state index >= 15 is 0 Å². The van der Waals surface area contributed by atoms with Crippen LogP contribution in [0.15, 0.2) is 0 Å². The van der Waals surface area contributed by atoms with Crippen LogP contribution in [0.4, 0.5) is 0 Å². The van der Waals surface area contributed by atoms with Crippen molar-refractivity contribution in [2.45, 2.75) is 25.4 Å². The Labute approximate surface area is 91.6 Å². The van der Waals surface area contributed by atoms with Gasteiger partial charge in [-0.3, -0.25) is 9.59 Å². The monoisotopic (exact) mass is 234 g/mol. The number of aliphatic hydroxyl groups is 1. The molecule has 0 aromatic rings. The Kier molecular flexibility index (Phi) is 4.90. The van der Waals surface area contributed by atoms with E-state index in [9.17, 15) is 19.5 Å². The third kappa shape index (κ3) is 2.93. The summed E-state index contributed by atoms with van der Waals surface area (Å²) in [4.78, 5) is 32.6. The van der Waals surface area contributed by atoms with Gasteiger partial charge in [-0.25, -0.2) is 4.79 Å². The first kappa shape index (κ1) is 14.4. The highest BCUT2D eigenvalue weighted by molar-refractivity contribution is 5.90. The topological polar surface area (TPSA) is 121 Å². The molecule has 0 aromatic carbocycles. The third-order valence-electron chi connectivity index (χ3n) is 2.26. The smallest absolute Gasteiger partial charge is 0.337 e. The summed E-state index contributed by atoms with van der Waals surface area (Å²) >= 11 is 0. The second-order valence-electron chi connectivity index (χ2n) is 3.28. The Morgan fingerprint density at radius 3 is 2.06 bits per heavy atom. The van der Waals surface area contributed by atoms with Crippen LogP contribution in [0.1, 0.15) is 19.8 Å². The molecule has 0 amide bonds. The minimum absolute atomic E-state index is 0.0389. The maximum absolute atomic E-state index is 11.2. The van der Waals surface area contributed by atoms with E-state index in [0.717, 1.165) is 7.11 Å². The van der Waals surface area contributed by atoms with Gasteiger partial charge in [0.05, 0.1) is 19.4 Å². The van der Waals surface area contributed by atoms with Crippen LogP contribution < -0.4 is 0 Å². The minimum Gasteiger partial charge on any atom is -0.481 e. The molecule has 2 atom stereocenters. The minimum atomic E-state index is -2.65. The number of aliphatic carboxylic acids is 2. The molecule has 0 spiro atoms. The molecule has 0 aromatic heterocycles. The zero-order valence-corrected chi connectivity index (χ0v) is 8.97. The lowest BCUT2D eigenvalue weighted by molar-refractivity contribution is -0.180. The molecule has 7 nitrogen and oxygen atoms in total. The molecule has 0 aliphatic carbocycles. The molecule has 7 heteroatoms.